The third-order valence-electron chi connectivity index (χ3n) is 2.30. The van der Waals surface area contributed by atoms with Crippen molar-refractivity contribution in [2.75, 3.05) is 13.2 Å². The van der Waals surface area contributed by atoms with Crippen LogP contribution in [-0.2, 0) is 11.2 Å². The average Bonchev–Trinajstić information content (AvgIpc) is 2.21. The molecule has 0 heterocycles. The maximum Gasteiger partial charge on any atom is 0.0506 e. The lowest BCUT2D eigenvalue weighted by Gasteiger charge is -2.03. The molecule has 0 aliphatic carbocycles. The first-order valence-corrected chi connectivity index (χ1v) is 5.46. The number of benzene rings is 1. The maximum atomic E-state index is 5.51. The molecule has 0 spiro atoms. The van der Waals surface area contributed by atoms with Crippen LogP contribution in [0.4, 0.5) is 0 Å². The van der Waals surface area contributed by atoms with E-state index in [9.17, 15) is 0 Å². The van der Waals surface area contributed by atoms with E-state index in [1.165, 1.54) is 24.0 Å². The standard InChI is InChI=1S/C13H20O/c1-3-4-10-14-11-9-13-7-5-12(2)6-8-13/h5-8H,3-4,9-11H2,1-2H3. The zero-order chi connectivity index (χ0) is 10.2. The molecule has 1 nitrogen and oxygen atoms in total. The molecule has 0 saturated heterocycles. The van der Waals surface area contributed by atoms with E-state index in [1.807, 2.05) is 0 Å². The van der Waals surface area contributed by atoms with Crippen LogP contribution in [0.25, 0.3) is 0 Å². The highest BCUT2D eigenvalue weighted by Gasteiger charge is 1.92. The minimum Gasteiger partial charge on any atom is -0.381 e. The fourth-order valence-corrected chi connectivity index (χ4v) is 1.29. The van der Waals surface area contributed by atoms with Gasteiger partial charge in [-0.1, -0.05) is 43.2 Å². The van der Waals surface area contributed by atoms with Crippen LogP contribution < -0.4 is 0 Å². The molecule has 1 heteroatoms. The summed E-state index contributed by atoms with van der Waals surface area (Å²) in [5.74, 6) is 0. The van der Waals surface area contributed by atoms with E-state index < -0.39 is 0 Å². The van der Waals surface area contributed by atoms with Crippen molar-refractivity contribution in [2.45, 2.75) is 33.1 Å². The lowest BCUT2D eigenvalue weighted by atomic mass is 10.1. The lowest BCUT2D eigenvalue weighted by molar-refractivity contribution is 0.134. The van der Waals surface area contributed by atoms with E-state index in [4.69, 9.17) is 4.74 Å². The first kappa shape index (κ1) is 11.3. The topological polar surface area (TPSA) is 9.23 Å². The van der Waals surface area contributed by atoms with E-state index in [-0.39, 0.29) is 0 Å². The van der Waals surface area contributed by atoms with Crippen LogP contribution in [0, 0.1) is 6.92 Å². The molecular weight excluding hydrogens is 172 g/mol. The number of aryl methyl sites for hydroxylation is 1. The third-order valence-corrected chi connectivity index (χ3v) is 2.30. The number of rotatable bonds is 6. The fourth-order valence-electron chi connectivity index (χ4n) is 1.29. The summed E-state index contributed by atoms with van der Waals surface area (Å²) in [7, 11) is 0. The van der Waals surface area contributed by atoms with Gasteiger partial charge in [0.25, 0.3) is 0 Å². The van der Waals surface area contributed by atoms with Gasteiger partial charge in [0.15, 0.2) is 0 Å². The van der Waals surface area contributed by atoms with E-state index in [1.54, 1.807) is 0 Å². The van der Waals surface area contributed by atoms with Crippen LogP contribution in [0.1, 0.15) is 30.9 Å². The summed E-state index contributed by atoms with van der Waals surface area (Å²) in [6, 6.07) is 8.67. The third kappa shape index (κ3) is 4.43. The van der Waals surface area contributed by atoms with Gasteiger partial charge >= 0.3 is 0 Å². The Kier molecular flexibility index (Phi) is 5.31. The van der Waals surface area contributed by atoms with Crippen molar-refractivity contribution in [1.29, 1.82) is 0 Å². The van der Waals surface area contributed by atoms with E-state index in [0.29, 0.717) is 0 Å². The summed E-state index contributed by atoms with van der Waals surface area (Å²) < 4.78 is 5.51. The predicted octanol–water partition coefficient (Wildman–Crippen LogP) is 3.35. The van der Waals surface area contributed by atoms with Gasteiger partial charge in [-0.25, -0.2) is 0 Å². The molecule has 0 atom stereocenters. The molecule has 14 heavy (non-hydrogen) atoms. The normalized spacial score (nSPS) is 10.4. The van der Waals surface area contributed by atoms with Gasteiger partial charge in [0, 0.05) is 6.61 Å². The van der Waals surface area contributed by atoms with E-state index >= 15 is 0 Å². The van der Waals surface area contributed by atoms with Crippen LogP contribution >= 0.6 is 0 Å². The van der Waals surface area contributed by atoms with Crippen molar-refractivity contribution in [3.63, 3.8) is 0 Å². The molecule has 1 rings (SSSR count). The van der Waals surface area contributed by atoms with Crippen molar-refractivity contribution >= 4 is 0 Å². The van der Waals surface area contributed by atoms with Gasteiger partial charge in [-0.3, -0.25) is 0 Å². The fraction of sp³-hybridized carbons (Fsp3) is 0.538. The summed E-state index contributed by atoms with van der Waals surface area (Å²) in [6.07, 6.45) is 3.42. The second-order valence-corrected chi connectivity index (χ2v) is 3.70. The molecule has 0 radical (unpaired) electrons. The summed E-state index contributed by atoms with van der Waals surface area (Å²) in [6.45, 7) is 6.05. The Balaban J connectivity index is 2.15. The Bertz CT molecular complexity index is 238. The van der Waals surface area contributed by atoms with Gasteiger partial charge in [-0.05, 0) is 25.3 Å². The maximum absolute atomic E-state index is 5.51. The Morgan fingerprint density at radius 3 is 2.43 bits per heavy atom. The van der Waals surface area contributed by atoms with Gasteiger partial charge in [0.2, 0.25) is 0 Å². The molecule has 0 bridgehead atoms. The van der Waals surface area contributed by atoms with Gasteiger partial charge in [0.1, 0.15) is 0 Å². The van der Waals surface area contributed by atoms with Crippen LogP contribution in [0.5, 0.6) is 0 Å². The zero-order valence-corrected chi connectivity index (χ0v) is 9.25. The highest BCUT2D eigenvalue weighted by molar-refractivity contribution is 5.21. The van der Waals surface area contributed by atoms with Gasteiger partial charge in [-0.2, -0.15) is 0 Å². The molecule has 0 fully saturated rings. The molecule has 0 N–H and O–H groups in total. The molecule has 0 aromatic heterocycles. The molecular formula is C13H20O. The molecule has 0 aliphatic rings. The SMILES string of the molecule is CCCCOCCc1ccc(C)cc1. The molecule has 78 valence electrons. The number of hydrogen-bond donors (Lipinski definition) is 0. The van der Waals surface area contributed by atoms with Gasteiger partial charge in [0.05, 0.1) is 6.61 Å². The highest BCUT2D eigenvalue weighted by Crippen LogP contribution is 2.04. The first-order chi connectivity index (χ1) is 6.83. The van der Waals surface area contributed by atoms with E-state index in [2.05, 4.69) is 38.1 Å². The first-order valence-electron chi connectivity index (χ1n) is 5.46. The van der Waals surface area contributed by atoms with Crippen LogP contribution in [0.15, 0.2) is 24.3 Å². The largest absolute Gasteiger partial charge is 0.381 e. The molecule has 1 aromatic carbocycles. The summed E-state index contributed by atoms with van der Waals surface area (Å²) in [5.41, 5.74) is 2.69. The number of ether oxygens (including phenoxy) is 1. The van der Waals surface area contributed by atoms with Gasteiger partial charge < -0.3 is 4.74 Å². The van der Waals surface area contributed by atoms with Crippen molar-refractivity contribution in [3.05, 3.63) is 35.4 Å². The quantitative estimate of drug-likeness (QED) is 0.628. The summed E-state index contributed by atoms with van der Waals surface area (Å²) in [4.78, 5) is 0. The molecule has 1 aromatic rings. The Hall–Kier alpha value is -0.820. The number of unbranched alkanes of at least 4 members (excludes halogenated alkanes) is 1. The second-order valence-electron chi connectivity index (χ2n) is 3.70. The Morgan fingerprint density at radius 2 is 1.79 bits per heavy atom. The zero-order valence-electron chi connectivity index (χ0n) is 9.25. The molecule has 0 saturated carbocycles. The van der Waals surface area contributed by atoms with Gasteiger partial charge in [-0.15, -0.1) is 0 Å². The lowest BCUT2D eigenvalue weighted by Crippen LogP contribution is -1.99. The predicted molar refractivity (Wildman–Crippen MR) is 60.6 cm³/mol. The molecule has 0 unspecified atom stereocenters. The van der Waals surface area contributed by atoms with Crippen molar-refractivity contribution < 1.29 is 4.74 Å². The second kappa shape index (κ2) is 6.61. The summed E-state index contributed by atoms with van der Waals surface area (Å²) >= 11 is 0. The smallest absolute Gasteiger partial charge is 0.0506 e. The molecule has 0 amide bonds. The van der Waals surface area contributed by atoms with Crippen LogP contribution in [-0.4, -0.2) is 13.2 Å². The van der Waals surface area contributed by atoms with Crippen molar-refractivity contribution in [3.8, 4) is 0 Å². The van der Waals surface area contributed by atoms with E-state index in [0.717, 1.165) is 19.6 Å². The minimum absolute atomic E-state index is 0.850. The minimum atomic E-state index is 0.850. The van der Waals surface area contributed by atoms with Crippen LogP contribution in [0.3, 0.4) is 0 Å². The van der Waals surface area contributed by atoms with Crippen molar-refractivity contribution in [2.24, 2.45) is 0 Å². The number of hydrogen-bond acceptors (Lipinski definition) is 1. The molecule has 0 aliphatic heterocycles. The van der Waals surface area contributed by atoms with Crippen LogP contribution in [0.2, 0.25) is 0 Å². The summed E-state index contributed by atoms with van der Waals surface area (Å²) in [5, 5.41) is 0. The highest BCUT2D eigenvalue weighted by atomic mass is 16.5. The monoisotopic (exact) mass is 192 g/mol. The van der Waals surface area contributed by atoms with Crippen molar-refractivity contribution in [1.82, 2.24) is 0 Å². The Labute approximate surface area is 87.1 Å². The Morgan fingerprint density at radius 1 is 1.07 bits per heavy atom. The average molecular weight is 192 g/mol.